The number of aromatic nitrogens is 3. The van der Waals surface area contributed by atoms with Gasteiger partial charge in [-0.2, -0.15) is 0 Å². The van der Waals surface area contributed by atoms with E-state index >= 15 is 0 Å². The Bertz CT molecular complexity index is 602. The zero-order chi connectivity index (χ0) is 12.7. The largest absolute Gasteiger partial charge is 0.314 e. The van der Waals surface area contributed by atoms with Crippen LogP contribution in [0.3, 0.4) is 0 Å². The van der Waals surface area contributed by atoms with Crippen LogP contribution in [0, 0.1) is 0 Å². The van der Waals surface area contributed by atoms with Crippen LogP contribution in [0.1, 0.15) is 41.7 Å². The average Bonchev–Trinajstić information content (AvgIpc) is 2.91. The summed E-state index contributed by atoms with van der Waals surface area (Å²) in [5.41, 5.74) is 2.86. The number of nitrogens with zero attached hydrogens (tertiary/aromatic N) is 3. The highest BCUT2D eigenvalue weighted by Gasteiger charge is 2.26. The summed E-state index contributed by atoms with van der Waals surface area (Å²) in [5, 5.41) is 12.4. The van der Waals surface area contributed by atoms with E-state index in [-0.39, 0.29) is 0 Å². The molecule has 2 aliphatic heterocycles. The molecule has 3 heterocycles. The van der Waals surface area contributed by atoms with Gasteiger partial charge < -0.3 is 9.88 Å². The van der Waals surface area contributed by atoms with Crippen molar-refractivity contribution in [3.8, 4) is 0 Å². The Morgan fingerprint density at radius 2 is 2.00 bits per heavy atom. The number of rotatable bonds is 1. The van der Waals surface area contributed by atoms with Gasteiger partial charge in [-0.1, -0.05) is 24.3 Å². The maximum Gasteiger partial charge on any atom is 0.150 e. The van der Waals surface area contributed by atoms with Crippen molar-refractivity contribution in [2.75, 3.05) is 0 Å². The van der Waals surface area contributed by atoms with Gasteiger partial charge in [-0.3, -0.25) is 0 Å². The normalized spacial score (nSPS) is 21.8. The second-order valence-electron chi connectivity index (χ2n) is 5.49. The number of aryl methyl sites for hydroxylation is 1. The van der Waals surface area contributed by atoms with Crippen molar-refractivity contribution in [2.45, 2.75) is 44.8 Å². The van der Waals surface area contributed by atoms with Crippen molar-refractivity contribution in [1.82, 2.24) is 20.1 Å². The summed E-state index contributed by atoms with van der Waals surface area (Å²) < 4.78 is 2.33. The molecular formula is C15H18N4. The fraction of sp³-hybridized carbons (Fsp3) is 0.467. The van der Waals surface area contributed by atoms with Gasteiger partial charge in [-0.05, 0) is 30.4 Å². The number of nitrogens with one attached hydrogen (secondary N) is 1. The summed E-state index contributed by atoms with van der Waals surface area (Å²) in [5.74, 6) is 2.30. The molecule has 0 fully saturated rings. The highest BCUT2D eigenvalue weighted by molar-refractivity contribution is 5.31. The summed E-state index contributed by atoms with van der Waals surface area (Å²) in [4.78, 5) is 0. The van der Waals surface area contributed by atoms with E-state index in [2.05, 4.69) is 44.3 Å². The molecule has 0 amide bonds. The first-order valence-electron chi connectivity index (χ1n) is 7.14. The van der Waals surface area contributed by atoms with Gasteiger partial charge in [0.25, 0.3) is 0 Å². The second-order valence-corrected chi connectivity index (χ2v) is 5.49. The number of fused-ring (bicyclic) bond motifs is 2. The fourth-order valence-electron chi connectivity index (χ4n) is 3.23. The van der Waals surface area contributed by atoms with E-state index in [9.17, 15) is 0 Å². The predicted molar refractivity (Wildman–Crippen MR) is 72.7 cm³/mol. The molecule has 0 saturated heterocycles. The van der Waals surface area contributed by atoms with Gasteiger partial charge in [0, 0.05) is 19.5 Å². The Labute approximate surface area is 112 Å². The number of hydrogen-bond acceptors (Lipinski definition) is 3. The average molecular weight is 254 g/mol. The molecule has 4 heteroatoms. The first-order chi connectivity index (χ1) is 9.42. The van der Waals surface area contributed by atoms with Crippen LogP contribution in [0.15, 0.2) is 24.3 Å². The van der Waals surface area contributed by atoms with Crippen molar-refractivity contribution in [1.29, 1.82) is 0 Å². The van der Waals surface area contributed by atoms with Gasteiger partial charge >= 0.3 is 0 Å². The molecule has 0 bridgehead atoms. The minimum absolute atomic E-state index is 0.314. The quantitative estimate of drug-likeness (QED) is 0.846. The van der Waals surface area contributed by atoms with Gasteiger partial charge in [0.15, 0.2) is 5.82 Å². The summed E-state index contributed by atoms with van der Waals surface area (Å²) in [6, 6.07) is 8.99. The summed E-state index contributed by atoms with van der Waals surface area (Å²) in [6.07, 6.45) is 4.60. The lowest BCUT2D eigenvalue weighted by atomic mass is 9.95. The van der Waals surface area contributed by atoms with E-state index in [1.165, 1.54) is 29.8 Å². The molecule has 0 aliphatic carbocycles. The third kappa shape index (κ3) is 1.87. The van der Waals surface area contributed by atoms with Crippen LogP contribution < -0.4 is 5.32 Å². The highest BCUT2D eigenvalue weighted by atomic mass is 15.3. The molecule has 0 radical (unpaired) electrons. The lowest BCUT2D eigenvalue weighted by Crippen LogP contribution is -2.31. The molecule has 19 heavy (non-hydrogen) atoms. The molecule has 0 spiro atoms. The monoisotopic (exact) mass is 254 g/mol. The van der Waals surface area contributed by atoms with Crippen molar-refractivity contribution in [2.24, 2.45) is 0 Å². The Kier molecular flexibility index (Phi) is 2.62. The van der Waals surface area contributed by atoms with Crippen LogP contribution in [0.4, 0.5) is 0 Å². The van der Waals surface area contributed by atoms with Gasteiger partial charge in [-0.25, -0.2) is 0 Å². The van der Waals surface area contributed by atoms with Crippen LogP contribution in [-0.2, 0) is 25.9 Å². The van der Waals surface area contributed by atoms with Crippen molar-refractivity contribution in [3.63, 3.8) is 0 Å². The van der Waals surface area contributed by atoms with Crippen LogP contribution in [0.25, 0.3) is 0 Å². The molecule has 2 aromatic rings. The maximum absolute atomic E-state index is 4.44. The molecule has 1 N–H and O–H groups in total. The third-order valence-corrected chi connectivity index (χ3v) is 4.28. The van der Waals surface area contributed by atoms with Crippen LogP contribution >= 0.6 is 0 Å². The summed E-state index contributed by atoms with van der Waals surface area (Å²) in [6.45, 7) is 2.01. The molecule has 0 saturated carbocycles. The minimum Gasteiger partial charge on any atom is -0.314 e. The van der Waals surface area contributed by atoms with E-state index in [0.29, 0.717) is 6.04 Å². The fourth-order valence-corrected chi connectivity index (χ4v) is 3.23. The van der Waals surface area contributed by atoms with Crippen molar-refractivity contribution in [3.05, 3.63) is 47.0 Å². The van der Waals surface area contributed by atoms with Gasteiger partial charge in [-0.15, -0.1) is 10.2 Å². The van der Waals surface area contributed by atoms with E-state index in [4.69, 9.17) is 0 Å². The van der Waals surface area contributed by atoms with E-state index < -0.39 is 0 Å². The third-order valence-electron chi connectivity index (χ3n) is 4.28. The summed E-state index contributed by atoms with van der Waals surface area (Å²) >= 11 is 0. The van der Waals surface area contributed by atoms with Gasteiger partial charge in [0.05, 0.1) is 6.04 Å². The van der Waals surface area contributed by atoms with Crippen molar-refractivity contribution < 1.29 is 0 Å². The SMILES string of the molecule is c1ccc2c(c1)CNC(c1nnc3n1CCCC3)C2. The first kappa shape index (κ1) is 11.2. The Hall–Kier alpha value is -1.68. The Morgan fingerprint density at radius 1 is 1.11 bits per heavy atom. The standard InChI is InChI=1S/C15H18N4/c1-2-6-12-10-16-13(9-11(12)5-1)15-18-17-14-7-3-4-8-19(14)15/h1-2,5-6,13,16H,3-4,7-10H2. The number of benzene rings is 1. The topological polar surface area (TPSA) is 42.7 Å². The van der Waals surface area contributed by atoms with Crippen LogP contribution in [-0.4, -0.2) is 14.8 Å². The molecular weight excluding hydrogens is 236 g/mol. The van der Waals surface area contributed by atoms with E-state index in [1.807, 2.05) is 0 Å². The smallest absolute Gasteiger partial charge is 0.150 e. The van der Waals surface area contributed by atoms with Crippen LogP contribution in [0.5, 0.6) is 0 Å². The zero-order valence-electron chi connectivity index (χ0n) is 11.0. The maximum atomic E-state index is 4.44. The van der Waals surface area contributed by atoms with E-state index in [1.54, 1.807) is 0 Å². The molecule has 98 valence electrons. The molecule has 2 aliphatic rings. The second kappa shape index (κ2) is 4.46. The Balaban J connectivity index is 1.66. The van der Waals surface area contributed by atoms with Crippen LogP contribution in [0.2, 0.25) is 0 Å². The van der Waals surface area contributed by atoms with Gasteiger partial charge in [0.2, 0.25) is 0 Å². The van der Waals surface area contributed by atoms with E-state index in [0.717, 1.165) is 31.8 Å². The predicted octanol–water partition coefficient (Wildman–Crippen LogP) is 2.00. The zero-order valence-corrected chi connectivity index (χ0v) is 11.0. The lowest BCUT2D eigenvalue weighted by Gasteiger charge is -2.26. The van der Waals surface area contributed by atoms with Gasteiger partial charge in [0.1, 0.15) is 5.82 Å². The molecule has 1 aromatic heterocycles. The molecule has 1 aromatic carbocycles. The lowest BCUT2D eigenvalue weighted by molar-refractivity contribution is 0.431. The number of hydrogen-bond donors (Lipinski definition) is 1. The molecule has 4 nitrogen and oxygen atoms in total. The molecule has 1 unspecified atom stereocenters. The minimum atomic E-state index is 0.314. The first-order valence-corrected chi connectivity index (χ1v) is 7.14. The Morgan fingerprint density at radius 3 is 2.95 bits per heavy atom. The molecule has 1 atom stereocenters. The molecule has 4 rings (SSSR count). The highest BCUT2D eigenvalue weighted by Crippen LogP contribution is 2.26. The summed E-state index contributed by atoms with van der Waals surface area (Å²) in [7, 11) is 0. The van der Waals surface area contributed by atoms with Crippen molar-refractivity contribution >= 4 is 0 Å².